The second-order valence-electron chi connectivity index (χ2n) is 3.02. The van der Waals surface area contributed by atoms with Crippen molar-refractivity contribution in [3.05, 3.63) is 35.4 Å². The van der Waals surface area contributed by atoms with Crippen LogP contribution in [0.2, 0.25) is 0 Å². The van der Waals surface area contributed by atoms with Gasteiger partial charge in [-0.2, -0.15) is 0 Å². The molecule has 5 nitrogen and oxygen atoms in total. The molecule has 1 aromatic carbocycles. The maximum atomic E-state index is 11.4. The molecular weight excluding hydrogens is 276 g/mol. The van der Waals surface area contributed by atoms with Gasteiger partial charge in [0.05, 0.1) is 0 Å². The molecule has 0 aliphatic heterocycles. The van der Waals surface area contributed by atoms with Crippen molar-refractivity contribution >= 4 is 27.7 Å². The van der Waals surface area contributed by atoms with Gasteiger partial charge in [0.1, 0.15) is 0 Å². The number of nitrogens with one attached hydrogen (secondary N) is 1. The van der Waals surface area contributed by atoms with Gasteiger partial charge in [-0.1, -0.05) is 28.1 Å². The molecule has 0 saturated carbocycles. The average Bonchev–Trinajstić information content (AvgIpc) is 2.28. The first-order valence-corrected chi connectivity index (χ1v) is 5.61. The minimum Gasteiger partial charge on any atom is -0.368 e. The van der Waals surface area contributed by atoms with Crippen LogP contribution in [0.25, 0.3) is 0 Å². The van der Waals surface area contributed by atoms with Crippen molar-refractivity contribution in [1.29, 1.82) is 0 Å². The van der Waals surface area contributed by atoms with E-state index in [0.29, 0.717) is 5.56 Å². The number of alkyl halides is 1. The SMILES string of the molecule is NC(=O)CONC(=O)c1ccc(CBr)cc1. The van der Waals surface area contributed by atoms with Crippen LogP contribution in [0, 0.1) is 0 Å². The normalized spacial score (nSPS) is 9.81. The van der Waals surface area contributed by atoms with Gasteiger partial charge in [0.2, 0.25) is 5.91 Å². The first-order chi connectivity index (χ1) is 7.63. The first-order valence-electron chi connectivity index (χ1n) is 4.49. The van der Waals surface area contributed by atoms with Gasteiger partial charge in [-0.05, 0) is 17.7 Å². The molecular formula is C10H11BrN2O3. The Balaban J connectivity index is 2.49. The number of hydrogen-bond donors (Lipinski definition) is 2. The number of amides is 2. The lowest BCUT2D eigenvalue weighted by Gasteiger charge is -2.04. The molecule has 16 heavy (non-hydrogen) atoms. The minimum atomic E-state index is -0.644. The lowest BCUT2D eigenvalue weighted by atomic mass is 10.1. The summed E-state index contributed by atoms with van der Waals surface area (Å²) in [6.07, 6.45) is 0. The summed E-state index contributed by atoms with van der Waals surface area (Å²) in [6, 6.07) is 6.97. The van der Waals surface area contributed by atoms with Crippen molar-refractivity contribution in [3.8, 4) is 0 Å². The summed E-state index contributed by atoms with van der Waals surface area (Å²) in [6.45, 7) is -0.342. The predicted octanol–water partition coefficient (Wildman–Crippen LogP) is 0.728. The number of carbonyl (C=O) groups is 2. The third-order valence-electron chi connectivity index (χ3n) is 1.75. The highest BCUT2D eigenvalue weighted by atomic mass is 79.9. The second-order valence-corrected chi connectivity index (χ2v) is 3.58. The number of nitrogens with two attached hydrogens (primary N) is 1. The molecule has 0 aromatic heterocycles. The standard InChI is InChI=1S/C10H11BrN2O3/c11-5-7-1-3-8(4-2-7)10(15)13-16-6-9(12)14/h1-4H,5-6H2,(H2,12,14)(H,13,15). The van der Waals surface area contributed by atoms with Gasteiger partial charge in [-0.25, -0.2) is 5.48 Å². The molecule has 0 aliphatic carbocycles. The van der Waals surface area contributed by atoms with E-state index in [1.54, 1.807) is 12.1 Å². The van der Waals surface area contributed by atoms with E-state index < -0.39 is 11.8 Å². The summed E-state index contributed by atoms with van der Waals surface area (Å²) >= 11 is 3.30. The lowest BCUT2D eigenvalue weighted by molar-refractivity contribution is -0.124. The number of primary amides is 1. The van der Waals surface area contributed by atoms with Crippen LogP contribution in [0.3, 0.4) is 0 Å². The molecule has 0 atom stereocenters. The zero-order chi connectivity index (χ0) is 12.0. The quantitative estimate of drug-likeness (QED) is 0.618. The fraction of sp³-hybridized carbons (Fsp3) is 0.200. The van der Waals surface area contributed by atoms with Gasteiger partial charge in [0.25, 0.3) is 5.91 Å². The van der Waals surface area contributed by atoms with Crippen LogP contribution in [0.5, 0.6) is 0 Å². The Morgan fingerprint density at radius 2 is 1.94 bits per heavy atom. The Labute approximate surface area is 101 Å². The molecule has 0 unspecified atom stereocenters. The number of halogens is 1. The van der Waals surface area contributed by atoms with Crippen molar-refractivity contribution < 1.29 is 14.4 Å². The zero-order valence-corrected chi connectivity index (χ0v) is 9.99. The molecule has 0 radical (unpaired) electrons. The molecule has 0 heterocycles. The molecule has 0 spiro atoms. The molecule has 1 rings (SSSR count). The van der Waals surface area contributed by atoms with Crippen LogP contribution in [0.4, 0.5) is 0 Å². The van der Waals surface area contributed by atoms with E-state index in [0.717, 1.165) is 10.9 Å². The molecule has 0 aliphatic rings. The number of benzene rings is 1. The van der Waals surface area contributed by atoms with Crippen LogP contribution in [0.15, 0.2) is 24.3 Å². The lowest BCUT2D eigenvalue weighted by Crippen LogP contribution is -2.29. The van der Waals surface area contributed by atoms with Gasteiger partial charge in [0, 0.05) is 10.9 Å². The Bertz CT molecular complexity index is 378. The molecule has 2 amide bonds. The third-order valence-corrected chi connectivity index (χ3v) is 2.40. The van der Waals surface area contributed by atoms with Crippen molar-refractivity contribution in [2.45, 2.75) is 5.33 Å². The number of carbonyl (C=O) groups excluding carboxylic acids is 2. The topological polar surface area (TPSA) is 81.4 Å². The molecule has 1 aromatic rings. The van der Waals surface area contributed by atoms with E-state index >= 15 is 0 Å². The average molecular weight is 287 g/mol. The van der Waals surface area contributed by atoms with E-state index in [4.69, 9.17) is 5.73 Å². The monoisotopic (exact) mass is 286 g/mol. The summed E-state index contributed by atoms with van der Waals surface area (Å²) in [4.78, 5) is 26.4. The third kappa shape index (κ3) is 4.00. The number of hydrogen-bond acceptors (Lipinski definition) is 3. The van der Waals surface area contributed by atoms with E-state index in [1.807, 2.05) is 12.1 Å². The van der Waals surface area contributed by atoms with Crippen LogP contribution in [0.1, 0.15) is 15.9 Å². The number of rotatable bonds is 5. The number of hydroxylamine groups is 1. The second kappa shape index (κ2) is 6.24. The van der Waals surface area contributed by atoms with Gasteiger partial charge >= 0.3 is 0 Å². The van der Waals surface area contributed by atoms with Crippen molar-refractivity contribution in [2.24, 2.45) is 5.73 Å². The smallest absolute Gasteiger partial charge is 0.274 e. The minimum absolute atomic E-state index is 0.342. The fourth-order valence-electron chi connectivity index (χ4n) is 0.977. The van der Waals surface area contributed by atoms with Gasteiger partial charge in [0.15, 0.2) is 6.61 Å². The van der Waals surface area contributed by atoms with Gasteiger partial charge < -0.3 is 5.73 Å². The largest absolute Gasteiger partial charge is 0.368 e. The Morgan fingerprint density at radius 3 is 2.44 bits per heavy atom. The summed E-state index contributed by atoms with van der Waals surface area (Å²) in [7, 11) is 0. The van der Waals surface area contributed by atoms with Crippen LogP contribution < -0.4 is 11.2 Å². The van der Waals surface area contributed by atoms with Gasteiger partial charge in [-0.3, -0.25) is 14.4 Å². The molecule has 0 saturated heterocycles. The van der Waals surface area contributed by atoms with E-state index in [1.165, 1.54) is 0 Å². The Morgan fingerprint density at radius 1 is 1.31 bits per heavy atom. The Kier molecular flexibility index (Phi) is 4.94. The van der Waals surface area contributed by atoms with E-state index in [9.17, 15) is 9.59 Å². The van der Waals surface area contributed by atoms with Crippen molar-refractivity contribution in [1.82, 2.24) is 5.48 Å². The van der Waals surface area contributed by atoms with E-state index in [2.05, 4.69) is 26.2 Å². The molecule has 86 valence electrons. The molecule has 3 N–H and O–H groups in total. The van der Waals surface area contributed by atoms with E-state index in [-0.39, 0.29) is 6.61 Å². The first kappa shape index (κ1) is 12.7. The summed E-state index contributed by atoms with van der Waals surface area (Å²) < 4.78 is 0. The van der Waals surface area contributed by atoms with Crippen molar-refractivity contribution in [2.75, 3.05) is 6.61 Å². The summed E-state index contributed by atoms with van der Waals surface area (Å²) in [5.41, 5.74) is 8.47. The Hall–Kier alpha value is -1.40. The highest BCUT2D eigenvalue weighted by molar-refractivity contribution is 9.08. The highest BCUT2D eigenvalue weighted by Gasteiger charge is 2.05. The van der Waals surface area contributed by atoms with Crippen LogP contribution >= 0.6 is 15.9 Å². The molecule has 0 bridgehead atoms. The van der Waals surface area contributed by atoms with Crippen LogP contribution in [-0.4, -0.2) is 18.4 Å². The van der Waals surface area contributed by atoms with Crippen LogP contribution in [-0.2, 0) is 15.0 Å². The summed E-state index contributed by atoms with van der Waals surface area (Å²) in [5, 5.41) is 0.729. The molecule has 0 fully saturated rings. The maximum absolute atomic E-state index is 11.4. The fourth-order valence-corrected chi connectivity index (χ4v) is 1.35. The highest BCUT2D eigenvalue weighted by Crippen LogP contribution is 2.07. The predicted molar refractivity (Wildman–Crippen MR) is 61.7 cm³/mol. The maximum Gasteiger partial charge on any atom is 0.274 e. The summed E-state index contributed by atoms with van der Waals surface area (Å²) in [5.74, 6) is -1.06. The zero-order valence-electron chi connectivity index (χ0n) is 8.40. The van der Waals surface area contributed by atoms with Gasteiger partial charge in [-0.15, -0.1) is 0 Å². The van der Waals surface area contributed by atoms with Crippen molar-refractivity contribution in [3.63, 3.8) is 0 Å². The molecule has 6 heteroatoms.